The molecule has 1 aromatic carbocycles. The van der Waals surface area contributed by atoms with Gasteiger partial charge >= 0.3 is 0 Å². The second-order valence-electron chi connectivity index (χ2n) is 4.39. The average molecular weight is 260 g/mol. The van der Waals surface area contributed by atoms with Crippen LogP contribution in [-0.4, -0.2) is 27.9 Å². The van der Waals surface area contributed by atoms with Crippen LogP contribution in [0.3, 0.4) is 0 Å². The molecule has 0 amide bonds. The summed E-state index contributed by atoms with van der Waals surface area (Å²) in [5, 5.41) is 4.40. The quantitative estimate of drug-likeness (QED) is 0.859. The number of hydrogen-bond acceptors (Lipinski definition) is 4. The fourth-order valence-electron chi connectivity index (χ4n) is 1.81. The van der Waals surface area contributed by atoms with Gasteiger partial charge < -0.3 is 10.5 Å². The molecule has 5 heteroatoms. The first kappa shape index (κ1) is 13.5. The minimum Gasteiger partial charge on any atom is -0.494 e. The molecule has 2 N–H and O–H groups in total. The van der Waals surface area contributed by atoms with Crippen molar-refractivity contribution >= 4 is 0 Å². The first-order valence-electron chi connectivity index (χ1n) is 6.57. The summed E-state index contributed by atoms with van der Waals surface area (Å²) in [6.07, 6.45) is 1.74. The van der Waals surface area contributed by atoms with Gasteiger partial charge in [0, 0.05) is 19.0 Å². The van der Waals surface area contributed by atoms with Gasteiger partial charge in [0.1, 0.15) is 11.6 Å². The van der Waals surface area contributed by atoms with Crippen molar-refractivity contribution in [3.8, 4) is 17.1 Å². The van der Waals surface area contributed by atoms with E-state index in [4.69, 9.17) is 10.5 Å². The van der Waals surface area contributed by atoms with E-state index < -0.39 is 0 Å². The average Bonchev–Trinajstić information content (AvgIpc) is 2.79. The lowest BCUT2D eigenvalue weighted by atomic mass is 10.2. The highest BCUT2D eigenvalue weighted by molar-refractivity contribution is 5.55. The zero-order valence-electron chi connectivity index (χ0n) is 11.5. The largest absolute Gasteiger partial charge is 0.494 e. The predicted molar refractivity (Wildman–Crippen MR) is 75.0 cm³/mol. The maximum atomic E-state index is 5.55. The molecular weight excluding hydrogens is 240 g/mol. The van der Waals surface area contributed by atoms with Crippen LogP contribution in [0.25, 0.3) is 11.4 Å². The van der Waals surface area contributed by atoms with Gasteiger partial charge in [-0.05, 0) is 37.2 Å². The molecule has 1 heterocycles. The number of aromatic nitrogens is 3. The molecule has 0 unspecified atom stereocenters. The van der Waals surface area contributed by atoms with Crippen molar-refractivity contribution in [2.24, 2.45) is 12.8 Å². The number of nitrogens with zero attached hydrogens (tertiary/aromatic N) is 3. The predicted octanol–water partition coefficient (Wildman–Crippen LogP) is 1.77. The highest BCUT2D eigenvalue weighted by Gasteiger charge is 2.08. The van der Waals surface area contributed by atoms with E-state index in [1.54, 1.807) is 4.68 Å². The summed E-state index contributed by atoms with van der Waals surface area (Å²) < 4.78 is 7.33. The minimum atomic E-state index is 0.579. The van der Waals surface area contributed by atoms with Gasteiger partial charge in [-0.25, -0.2) is 4.98 Å². The fraction of sp³-hybridized carbons (Fsp3) is 0.429. The van der Waals surface area contributed by atoms with E-state index in [-0.39, 0.29) is 0 Å². The van der Waals surface area contributed by atoms with E-state index in [2.05, 4.69) is 17.0 Å². The molecule has 0 bridgehead atoms. The van der Waals surface area contributed by atoms with Crippen molar-refractivity contribution in [2.45, 2.75) is 19.8 Å². The van der Waals surface area contributed by atoms with Gasteiger partial charge in [0.15, 0.2) is 5.82 Å². The normalized spacial score (nSPS) is 10.7. The van der Waals surface area contributed by atoms with Gasteiger partial charge in [0.25, 0.3) is 0 Å². The molecule has 0 atom stereocenters. The highest BCUT2D eigenvalue weighted by atomic mass is 16.5. The summed E-state index contributed by atoms with van der Waals surface area (Å²) in [7, 11) is 1.89. The Hall–Kier alpha value is -1.88. The Bertz CT molecular complexity index is 519. The number of aryl methyl sites for hydroxylation is 1. The Kier molecular flexibility index (Phi) is 4.52. The molecule has 5 nitrogen and oxygen atoms in total. The van der Waals surface area contributed by atoms with E-state index >= 15 is 0 Å². The van der Waals surface area contributed by atoms with Gasteiger partial charge in [-0.15, -0.1) is 0 Å². The van der Waals surface area contributed by atoms with Crippen LogP contribution in [0.4, 0.5) is 0 Å². The first-order chi connectivity index (χ1) is 9.24. The van der Waals surface area contributed by atoms with E-state index in [1.165, 1.54) is 0 Å². The fourth-order valence-corrected chi connectivity index (χ4v) is 1.81. The number of benzene rings is 1. The van der Waals surface area contributed by atoms with Crippen LogP contribution in [0.1, 0.15) is 19.2 Å². The third kappa shape index (κ3) is 3.32. The molecule has 2 rings (SSSR count). The zero-order valence-corrected chi connectivity index (χ0v) is 11.5. The molecule has 0 aliphatic rings. The number of hydrogen-bond donors (Lipinski definition) is 1. The molecule has 0 saturated heterocycles. The van der Waals surface area contributed by atoms with Gasteiger partial charge in [-0.1, -0.05) is 6.92 Å². The van der Waals surface area contributed by atoms with Gasteiger partial charge in [-0.2, -0.15) is 5.10 Å². The van der Waals surface area contributed by atoms with Crippen molar-refractivity contribution in [3.05, 3.63) is 30.1 Å². The van der Waals surface area contributed by atoms with E-state index in [0.717, 1.165) is 42.4 Å². The summed E-state index contributed by atoms with van der Waals surface area (Å²) in [5.74, 6) is 2.51. The molecule has 0 radical (unpaired) electrons. The van der Waals surface area contributed by atoms with E-state index in [1.807, 2.05) is 31.3 Å². The standard InChI is InChI=1S/C14H20N4O/c1-3-10-19-12-6-4-11(5-7-12)14-16-13(8-9-15)18(2)17-14/h4-7H,3,8-10,15H2,1-2H3. The Morgan fingerprint density at radius 1 is 1.26 bits per heavy atom. The lowest BCUT2D eigenvalue weighted by Gasteiger charge is -2.04. The Labute approximate surface area is 113 Å². The third-order valence-electron chi connectivity index (χ3n) is 2.81. The molecule has 0 aliphatic heterocycles. The van der Waals surface area contributed by atoms with Crippen LogP contribution in [0.15, 0.2) is 24.3 Å². The highest BCUT2D eigenvalue weighted by Crippen LogP contribution is 2.20. The van der Waals surface area contributed by atoms with E-state index in [9.17, 15) is 0 Å². The molecule has 2 aromatic rings. The minimum absolute atomic E-state index is 0.579. The zero-order chi connectivity index (χ0) is 13.7. The molecule has 0 fully saturated rings. The Balaban J connectivity index is 2.15. The molecule has 19 heavy (non-hydrogen) atoms. The molecule has 0 aliphatic carbocycles. The lowest BCUT2D eigenvalue weighted by Crippen LogP contribution is -2.08. The van der Waals surface area contributed by atoms with Crippen molar-refractivity contribution in [3.63, 3.8) is 0 Å². The van der Waals surface area contributed by atoms with Crippen LogP contribution in [0.5, 0.6) is 5.75 Å². The van der Waals surface area contributed by atoms with Crippen molar-refractivity contribution < 1.29 is 4.74 Å². The van der Waals surface area contributed by atoms with Crippen LogP contribution in [0, 0.1) is 0 Å². The monoisotopic (exact) mass is 260 g/mol. The van der Waals surface area contributed by atoms with Crippen LogP contribution in [-0.2, 0) is 13.5 Å². The van der Waals surface area contributed by atoms with Crippen LogP contribution >= 0.6 is 0 Å². The summed E-state index contributed by atoms with van der Waals surface area (Å²) >= 11 is 0. The lowest BCUT2D eigenvalue weighted by molar-refractivity contribution is 0.317. The van der Waals surface area contributed by atoms with Crippen molar-refractivity contribution in [1.82, 2.24) is 14.8 Å². The summed E-state index contributed by atoms with van der Waals surface area (Å²) in [5.41, 5.74) is 6.53. The third-order valence-corrected chi connectivity index (χ3v) is 2.81. The first-order valence-corrected chi connectivity index (χ1v) is 6.57. The second-order valence-corrected chi connectivity index (χ2v) is 4.39. The summed E-state index contributed by atoms with van der Waals surface area (Å²) in [6.45, 7) is 3.41. The summed E-state index contributed by atoms with van der Waals surface area (Å²) in [6, 6.07) is 7.85. The second kappa shape index (κ2) is 6.33. The molecule has 102 valence electrons. The molecular formula is C14H20N4O. The number of ether oxygens (including phenoxy) is 1. The summed E-state index contributed by atoms with van der Waals surface area (Å²) in [4.78, 5) is 4.49. The van der Waals surface area contributed by atoms with E-state index in [0.29, 0.717) is 6.54 Å². The Morgan fingerprint density at radius 2 is 2.00 bits per heavy atom. The Morgan fingerprint density at radius 3 is 2.63 bits per heavy atom. The van der Waals surface area contributed by atoms with Crippen molar-refractivity contribution in [1.29, 1.82) is 0 Å². The topological polar surface area (TPSA) is 66.0 Å². The molecule has 1 aromatic heterocycles. The van der Waals surface area contributed by atoms with Gasteiger partial charge in [0.2, 0.25) is 0 Å². The van der Waals surface area contributed by atoms with Crippen molar-refractivity contribution in [2.75, 3.05) is 13.2 Å². The SMILES string of the molecule is CCCOc1ccc(-c2nc(CCN)n(C)n2)cc1. The molecule has 0 spiro atoms. The van der Waals surface area contributed by atoms with Gasteiger partial charge in [0.05, 0.1) is 6.61 Å². The maximum absolute atomic E-state index is 5.55. The van der Waals surface area contributed by atoms with Gasteiger partial charge in [-0.3, -0.25) is 4.68 Å². The molecule has 0 saturated carbocycles. The number of rotatable bonds is 6. The maximum Gasteiger partial charge on any atom is 0.181 e. The number of nitrogens with two attached hydrogens (primary N) is 1. The van der Waals surface area contributed by atoms with Crippen LogP contribution < -0.4 is 10.5 Å². The van der Waals surface area contributed by atoms with Crippen LogP contribution in [0.2, 0.25) is 0 Å². The smallest absolute Gasteiger partial charge is 0.181 e.